The molecule has 0 saturated heterocycles. The third-order valence-electron chi connectivity index (χ3n) is 6.24. The first-order chi connectivity index (χ1) is 16.1. The molecule has 0 radical (unpaired) electrons. The Labute approximate surface area is 205 Å². The number of ether oxygens (including phenoxy) is 1. The van der Waals surface area contributed by atoms with Gasteiger partial charge in [0.2, 0.25) is 8.32 Å². The first kappa shape index (κ1) is 24.6. The third-order valence-corrected chi connectivity index (χ3v) is 11.6. The topological polar surface area (TPSA) is 49.2 Å². The number of thiazole rings is 1. The van der Waals surface area contributed by atoms with Gasteiger partial charge in [0, 0.05) is 11.6 Å². The van der Waals surface area contributed by atoms with Gasteiger partial charge in [-0.25, -0.2) is 9.37 Å². The highest BCUT2D eigenvalue weighted by Crippen LogP contribution is 2.38. The number of fused-ring (bicyclic) bond motifs is 2. The van der Waals surface area contributed by atoms with Crippen molar-refractivity contribution in [1.82, 2.24) is 14.8 Å². The molecule has 0 N–H and O–H groups in total. The molecule has 0 aliphatic heterocycles. The molecule has 34 heavy (non-hydrogen) atoms. The maximum Gasteiger partial charge on any atom is 0.250 e. The Morgan fingerprint density at radius 1 is 1.06 bits per heavy atom. The van der Waals surface area contributed by atoms with Gasteiger partial charge in [-0.1, -0.05) is 32.9 Å². The van der Waals surface area contributed by atoms with E-state index in [4.69, 9.17) is 14.1 Å². The smallest absolute Gasteiger partial charge is 0.250 e. The first-order valence-corrected chi connectivity index (χ1v) is 15.3. The van der Waals surface area contributed by atoms with Gasteiger partial charge in [0.1, 0.15) is 17.4 Å². The first-order valence-electron chi connectivity index (χ1n) is 11.5. The van der Waals surface area contributed by atoms with Crippen LogP contribution >= 0.6 is 11.3 Å². The Morgan fingerprint density at radius 3 is 2.62 bits per heavy atom. The van der Waals surface area contributed by atoms with E-state index in [1.54, 1.807) is 11.3 Å². The van der Waals surface area contributed by atoms with Gasteiger partial charge in [-0.15, -0.1) is 11.3 Å². The summed E-state index contributed by atoms with van der Waals surface area (Å²) in [6.07, 6.45) is 6.12. The lowest BCUT2D eigenvalue weighted by atomic mass is 10.1. The van der Waals surface area contributed by atoms with Crippen molar-refractivity contribution in [2.45, 2.75) is 45.4 Å². The normalized spacial score (nSPS) is 12.9. The Hall–Kier alpha value is -2.55. The van der Waals surface area contributed by atoms with Crippen molar-refractivity contribution in [2.75, 3.05) is 19.9 Å². The molecule has 2 heterocycles. The Morgan fingerprint density at radius 2 is 1.85 bits per heavy atom. The van der Waals surface area contributed by atoms with Gasteiger partial charge in [0.15, 0.2) is 0 Å². The van der Waals surface area contributed by atoms with Gasteiger partial charge in [0.05, 0.1) is 35.5 Å². The minimum Gasteiger partial charge on any atom is -0.543 e. The molecule has 2 aromatic carbocycles. The maximum absolute atomic E-state index is 12.1. The fourth-order valence-electron chi connectivity index (χ4n) is 3.30. The number of benzene rings is 2. The van der Waals surface area contributed by atoms with Crippen LogP contribution in [-0.2, 0) is 11.3 Å². The summed E-state index contributed by atoms with van der Waals surface area (Å²) in [6, 6.07) is 12.4. The van der Waals surface area contributed by atoms with Gasteiger partial charge in [0.25, 0.3) is 0 Å². The molecule has 2 aromatic heterocycles. The minimum atomic E-state index is -1.88. The van der Waals surface area contributed by atoms with E-state index in [9.17, 15) is 4.39 Å². The second-order valence-corrected chi connectivity index (χ2v) is 15.7. The molecule has 8 heteroatoms. The Bertz CT molecular complexity index is 1310. The van der Waals surface area contributed by atoms with Gasteiger partial charge in [-0.3, -0.25) is 4.68 Å². The monoisotopic (exact) mass is 497 g/mol. The van der Waals surface area contributed by atoms with E-state index in [-0.39, 0.29) is 11.6 Å². The molecule has 0 aliphatic rings. The molecule has 180 valence electrons. The van der Waals surface area contributed by atoms with Crippen LogP contribution in [0.2, 0.25) is 18.1 Å². The lowest BCUT2D eigenvalue weighted by molar-refractivity contribution is 0.110. The average molecular weight is 498 g/mol. The number of nitrogens with zero attached hydrogens (tertiary/aromatic N) is 3. The van der Waals surface area contributed by atoms with Crippen molar-refractivity contribution >= 4 is 52.9 Å². The van der Waals surface area contributed by atoms with Crippen LogP contribution in [0, 0.1) is 0 Å². The zero-order valence-electron chi connectivity index (χ0n) is 20.5. The van der Waals surface area contributed by atoms with Crippen LogP contribution in [0.3, 0.4) is 0 Å². The van der Waals surface area contributed by atoms with Crippen LogP contribution in [0.15, 0.2) is 42.6 Å². The van der Waals surface area contributed by atoms with Crippen molar-refractivity contribution in [3.8, 4) is 5.75 Å². The largest absolute Gasteiger partial charge is 0.543 e. The molecule has 0 saturated carbocycles. The second kappa shape index (κ2) is 9.97. The summed E-state index contributed by atoms with van der Waals surface area (Å²) < 4.78 is 26.8. The molecule has 0 fully saturated rings. The lowest BCUT2D eigenvalue weighted by Crippen LogP contribution is -2.43. The standard InChI is InChI=1S/C26H32FN3O2SSi/c1-26(2,3)34(4,5)32-21-8-10-23-24(17-21)33-25(28-23)11-7-19-6-9-22-20(16-19)18-30(29-22)13-15-31-14-12-27/h6-11,16-18H,12-15H2,1-5H3/b11-7+. The molecule has 4 rings (SSSR count). The van der Waals surface area contributed by atoms with Crippen LogP contribution in [0.25, 0.3) is 33.3 Å². The number of alkyl halides is 1. The minimum absolute atomic E-state index is 0.131. The molecule has 0 amide bonds. The molecule has 4 aromatic rings. The fourth-order valence-corrected chi connectivity index (χ4v) is 5.22. The third kappa shape index (κ3) is 5.74. The Kier molecular flexibility index (Phi) is 7.21. The number of aromatic nitrogens is 3. The number of halogens is 1. The summed E-state index contributed by atoms with van der Waals surface area (Å²) in [5, 5.41) is 6.72. The maximum atomic E-state index is 12.1. The quantitative estimate of drug-likeness (QED) is 0.181. The van der Waals surface area contributed by atoms with E-state index in [1.807, 2.05) is 35.1 Å². The van der Waals surface area contributed by atoms with E-state index >= 15 is 0 Å². The summed E-state index contributed by atoms with van der Waals surface area (Å²) in [4.78, 5) is 4.76. The van der Waals surface area contributed by atoms with Gasteiger partial charge in [-0.05, 0) is 60.1 Å². The molecule has 0 spiro atoms. The van der Waals surface area contributed by atoms with Crippen LogP contribution in [-0.4, -0.2) is 43.0 Å². The van der Waals surface area contributed by atoms with Crippen molar-refractivity contribution in [1.29, 1.82) is 0 Å². The zero-order chi connectivity index (χ0) is 24.3. The number of hydrogen-bond donors (Lipinski definition) is 0. The van der Waals surface area contributed by atoms with E-state index in [0.717, 1.165) is 37.4 Å². The summed E-state index contributed by atoms with van der Waals surface area (Å²) in [5.74, 6) is 0.927. The van der Waals surface area contributed by atoms with Crippen molar-refractivity contribution in [3.63, 3.8) is 0 Å². The predicted octanol–water partition coefficient (Wildman–Crippen LogP) is 7.19. The van der Waals surface area contributed by atoms with E-state index < -0.39 is 15.0 Å². The highest BCUT2D eigenvalue weighted by Gasteiger charge is 2.39. The fraction of sp³-hybridized carbons (Fsp3) is 0.385. The summed E-state index contributed by atoms with van der Waals surface area (Å²) in [6.45, 7) is 12.0. The Balaban J connectivity index is 1.47. The predicted molar refractivity (Wildman–Crippen MR) is 143 cm³/mol. The number of rotatable bonds is 9. The molecule has 0 bridgehead atoms. The van der Waals surface area contributed by atoms with E-state index in [0.29, 0.717) is 13.2 Å². The summed E-state index contributed by atoms with van der Waals surface area (Å²) in [7, 11) is -1.88. The molecular formula is C26H32FN3O2SSi. The molecule has 0 atom stereocenters. The second-order valence-electron chi connectivity index (χ2n) is 9.89. The van der Waals surface area contributed by atoms with Crippen molar-refractivity contribution in [2.24, 2.45) is 0 Å². The van der Waals surface area contributed by atoms with Crippen molar-refractivity contribution < 1.29 is 13.6 Å². The van der Waals surface area contributed by atoms with Crippen LogP contribution in [0.5, 0.6) is 5.75 Å². The SMILES string of the molecule is CC(C)(C)[Si](C)(C)Oc1ccc2nc(/C=C/c3ccc4nn(CCOCCF)cc4c3)sc2c1. The molecule has 0 aliphatic carbocycles. The molecule has 5 nitrogen and oxygen atoms in total. The van der Waals surface area contributed by atoms with Gasteiger partial charge >= 0.3 is 0 Å². The van der Waals surface area contributed by atoms with E-state index in [1.165, 1.54) is 0 Å². The highest BCUT2D eigenvalue weighted by atomic mass is 32.1. The van der Waals surface area contributed by atoms with Gasteiger partial charge in [-0.2, -0.15) is 5.10 Å². The van der Waals surface area contributed by atoms with E-state index in [2.05, 4.69) is 63.2 Å². The average Bonchev–Trinajstić information content (AvgIpc) is 3.36. The van der Waals surface area contributed by atoms with Crippen LogP contribution < -0.4 is 4.43 Å². The van der Waals surface area contributed by atoms with Crippen LogP contribution in [0.4, 0.5) is 4.39 Å². The molecule has 0 unspecified atom stereocenters. The van der Waals surface area contributed by atoms with Crippen LogP contribution in [0.1, 0.15) is 31.3 Å². The number of hydrogen-bond acceptors (Lipinski definition) is 5. The van der Waals surface area contributed by atoms with Crippen molar-refractivity contribution in [3.05, 3.63) is 53.2 Å². The summed E-state index contributed by atoms with van der Waals surface area (Å²) >= 11 is 1.67. The van der Waals surface area contributed by atoms with Gasteiger partial charge < -0.3 is 9.16 Å². The summed E-state index contributed by atoms with van der Waals surface area (Å²) in [5.41, 5.74) is 3.00. The lowest BCUT2D eigenvalue weighted by Gasteiger charge is -2.36. The zero-order valence-corrected chi connectivity index (χ0v) is 22.3. The molecular weight excluding hydrogens is 465 g/mol. The highest BCUT2D eigenvalue weighted by molar-refractivity contribution is 7.19.